The third-order valence-corrected chi connectivity index (χ3v) is 4.65. The number of ether oxygens (including phenoxy) is 1. The van der Waals surface area contributed by atoms with Crippen molar-refractivity contribution in [2.75, 3.05) is 13.2 Å². The first-order chi connectivity index (χ1) is 9.47. The second-order valence-corrected chi connectivity index (χ2v) is 6.43. The van der Waals surface area contributed by atoms with Crippen molar-refractivity contribution in [2.24, 2.45) is 0 Å². The average molecular weight is 299 g/mol. The monoisotopic (exact) mass is 299 g/mol. The van der Waals surface area contributed by atoms with E-state index < -0.39 is 16.0 Å². The van der Waals surface area contributed by atoms with Crippen LogP contribution in [0.25, 0.3) is 0 Å². The van der Waals surface area contributed by atoms with Gasteiger partial charge in [0.15, 0.2) is 0 Å². The van der Waals surface area contributed by atoms with Crippen LogP contribution in [0.2, 0.25) is 0 Å². The van der Waals surface area contributed by atoms with Crippen LogP contribution in [0, 0.1) is 0 Å². The number of rotatable bonds is 6. The third-order valence-electron chi connectivity index (χ3n) is 3.11. The number of carboxylic acid groups (broad SMARTS) is 1. The van der Waals surface area contributed by atoms with Crippen molar-refractivity contribution in [2.45, 2.75) is 30.2 Å². The number of sulfonamides is 1. The molecule has 20 heavy (non-hydrogen) atoms. The molecule has 1 aliphatic heterocycles. The van der Waals surface area contributed by atoms with E-state index in [0.717, 1.165) is 5.56 Å². The van der Waals surface area contributed by atoms with E-state index in [1.807, 2.05) is 0 Å². The van der Waals surface area contributed by atoms with Crippen molar-refractivity contribution >= 4 is 16.0 Å². The number of benzene rings is 1. The molecule has 2 N–H and O–H groups in total. The molecule has 1 aromatic carbocycles. The highest BCUT2D eigenvalue weighted by Crippen LogP contribution is 2.14. The fraction of sp³-hybridized carbons (Fsp3) is 0.462. The lowest BCUT2D eigenvalue weighted by atomic mass is 10.1. The van der Waals surface area contributed by atoms with Gasteiger partial charge in [0.2, 0.25) is 10.0 Å². The standard InChI is InChI=1S/C13H17NO5S/c15-13(16)6-3-10-1-4-12(5-2-10)20(17,18)14-11-7-8-19-9-11/h1-2,4-5,11,14H,3,6-9H2,(H,15,16). The van der Waals surface area contributed by atoms with Crippen LogP contribution in [0.5, 0.6) is 0 Å². The number of carbonyl (C=O) groups is 1. The molecule has 1 aromatic rings. The van der Waals surface area contributed by atoms with Crippen LogP contribution in [0.3, 0.4) is 0 Å². The molecule has 0 aromatic heterocycles. The summed E-state index contributed by atoms with van der Waals surface area (Å²) < 4.78 is 31.9. The van der Waals surface area contributed by atoms with Crippen molar-refractivity contribution < 1.29 is 23.1 Å². The first-order valence-electron chi connectivity index (χ1n) is 6.38. The quantitative estimate of drug-likeness (QED) is 0.809. The minimum Gasteiger partial charge on any atom is -0.481 e. The lowest BCUT2D eigenvalue weighted by Gasteiger charge is -2.11. The summed E-state index contributed by atoms with van der Waals surface area (Å²) in [5.74, 6) is -0.871. The average Bonchev–Trinajstić information content (AvgIpc) is 2.89. The van der Waals surface area contributed by atoms with E-state index in [-0.39, 0.29) is 17.4 Å². The van der Waals surface area contributed by atoms with Crippen LogP contribution >= 0.6 is 0 Å². The Balaban J connectivity index is 2.02. The molecule has 1 fully saturated rings. The van der Waals surface area contributed by atoms with E-state index in [2.05, 4.69) is 4.72 Å². The van der Waals surface area contributed by atoms with Crippen molar-refractivity contribution in [1.29, 1.82) is 0 Å². The Morgan fingerprint density at radius 3 is 2.60 bits per heavy atom. The normalized spacial score (nSPS) is 19.1. The van der Waals surface area contributed by atoms with Gasteiger partial charge in [-0.3, -0.25) is 4.79 Å². The lowest BCUT2D eigenvalue weighted by Crippen LogP contribution is -2.34. The fourth-order valence-corrected chi connectivity index (χ4v) is 3.26. The van der Waals surface area contributed by atoms with Crippen LogP contribution in [0.1, 0.15) is 18.4 Å². The highest BCUT2D eigenvalue weighted by atomic mass is 32.2. The van der Waals surface area contributed by atoms with Crippen LogP contribution in [-0.2, 0) is 26.0 Å². The van der Waals surface area contributed by atoms with Crippen LogP contribution in [-0.4, -0.2) is 38.7 Å². The summed E-state index contributed by atoms with van der Waals surface area (Å²) in [6, 6.07) is 6.10. The summed E-state index contributed by atoms with van der Waals surface area (Å²) in [6.07, 6.45) is 1.10. The van der Waals surface area contributed by atoms with Crippen LogP contribution in [0.4, 0.5) is 0 Å². The smallest absolute Gasteiger partial charge is 0.303 e. The second kappa shape index (κ2) is 6.34. The Hall–Kier alpha value is -1.44. The van der Waals surface area contributed by atoms with Gasteiger partial charge in [0, 0.05) is 19.1 Å². The van der Waals surface area contributed by atoms with E-state index in [4.69, 9.17) is 9.84 Å². The van der Waals surface area contributed by atoms with Crippen molar-refractivity contribution in [3.63, 3.8) is 0 Å². The number of nitrogens with one attached hydrogen (secondary N) is 1. The van der Waals surface area contributed by atoms with Gasteiger partial charge in [-0.15, -0.1) is 0 Å². The summed E-state index contributed by atoms with van der Waals surface area (Å²) in [7, 11) is -3.54. The van der Waals surface area contributed by atoms with Crippen LogP contribution in [0.15, 0.2) is 29.2 Å². The molecule has 0 saturated carbocycles. The van der Waals surface area contributed by atoms with Gasteiger partial charge in [0.25, 0.3) is 0 Å². The van der Waals surface area contributed by atoms with Gasteiger partial charge in [-0.25, -0.2) is 13.1 Å². The molecule has 110 valence electrons. The molecule has 0 aliphatic carbocycles. The summed E-state index contributed by atoms with van der Waals surface area (Å²) in [4.78, 5) is 10.7. The van der Waals surface area contributed by atoms with E-state index in [9.17, 15) is 13.2 Å². The number of aryl methyl sites for hydroxylation is 1. The van der Waals surface area contributed by atoms with Gasteiger partial charge in [0.1, 0.15) is 0 Å². The fourth-order valence-electron chi connectivity index (χ4n) is 2.00. The van der Waals surface area contributed by atoms with Gasteiger partial charge in [-0.05, 0) is 30.5 Å². The molecule has 1 atom stereocenters. The molecule has 0 amide bonds. The molecule has 2 rings (SSSR count). The van der Waals surface area contributed by atoms with Crippen LogP contribution < -0.4 is 4.72 Å². The predicted octanol–water partition coefficient (Wildman–Crippen LogP) is 0.771. The maximum atomic E-state index is 12.1. The van der Waals surface area contributed by atoms with E-state index in [1.165, 1.54) is 12.1 Å². The van der Waals surface area contributed by atoms with E-state index in [1.54, 1.807) is 12.1 Å². The number of hydrogen-bond donors (Lipinski definition) is 2. The zero-order chi connectivity index (χ0) is 14.6. The molecule has 6 nitrogen and oxygen atoms in total. The van der Waals surface area contributed by atoms with Crippen molar-refractivity contribution in [1.82, 2.24) is 4.72 Å². The van der Waals surface area contributed by atoms with Gasteiger partial charge in [-0.2, -0.15) is 0 Å². The SMILES string of the molecule is O=C(O)CCc1ccc(S(=O)(=O)NC2CCOC2)cc1. The Bertz CT molecular complexity index is 561. The number of aliphatic carboxylic acids is 1. The molecule has 1 saturated heterocycles. The maximum Gasteiger partial charge on any atom is 0.303 e. The first-order valence-corrected chi connectivity index (χ1v) is 7.86. The van der Waals surface area contributed by atoms with E-state index >= 15 is 0 Å². The minimum atomic E-state index is -3.54. The molecule has 1 aliphatic rings. The highest BCUT2D eigenvalue weighted by molar-refractivity contribution is 7.89. The molecule has 0 spiro atoms. The van der Waals surface area contributed by atoms with Gasteiger partial charge < -0.3 is 9.84 Å². The second-order valence-electron chi connectivity index (χ2n) is 4.72. The zero-order valence-corrected chi connectivity index (χ0v) is 11.7. The first kappa shape index (κ1) is 15.0. The Morgan fingerprint density at radius 1 is 1.35 bits per heavy atom. The van der Waals surface area contributed by atoms with E-state index in [0.29, 0.717) is 26.1 Å². The molecule has 1 unspecified atom stereocenters. The molecule has 0 radical (unpaired) electrons. The molecular formula is C13H17NO5S. The predicted molar refractivity (Wildman–Crippen MR) is 71.9 cm³/mol. The number of hydrogen-bond acceptors (Lipinski definition) is 4. The Morgan fingerprint density at radius 2 is 2.05 bits per heavy atom. The molecular weight excluding hydrogens is 282 g/mol. The summed E-state index contributed by atoms with van der Waals surface area (Å²) >= 11 is 0. The lowest BCUT2D eigenvalue weighted by molar-refractivity contribution is -0.136. The van der Waals surface area contributed by atoms with Gasteiger partial charge in [-0.1, -0.05) is 12.1 Å². The van der Waals surface area contributed by atoms with Crippen molar-refractivity contribution in [3.05, 3.63) is 29.8 Å². The van der Waals surface area contributed by atoms with Crippen molar-refractivity contribution in [3.8, 4) is 0 Å². The maximum absolute atomic E-state index is 12.1. The van der Waals surface area contributed by atoms with Gasteiger partial charge in [0.05, 0.1) is 11.5 Å². The topological polar surface area (TPSA) is 92.7 Å². The summed E-state index contributed by atoms with van der Waals surface area (Å²) in [5.41, 5.74) is 0.801. The minimum absolute atomic E-state index is 0.0315. The third kappa shape index (κ3) is 4.03. The largest absolute Gasteiger partial charge is 0.481 e. The summed E-state index contributed by atoms with van der Waals surface area (Å²) in [6.45, 7) is 0.969. The zero-order valence-electron chi connectivity index (χ0n) is 10.9. The Kier molecular flexibility index (Phi) is 4.74. The number of carboxylic acids is 1. The molecule has 7 heteroatoms. The van der Waals surface area contributed by atoms with Gasteiger partial charge >= 0.3 is 5.97 Å². The highest BCUT2D eigenvalue weighted by Gasteiger charge is 2.23. The molecule has 1 heterocycles. The summed E-state index contributed by atoms with van der Waals surface area (Å²) in [5, 5.41) is 8.60. The Labute approximate surface area is 117 Å². The molecule has 0 bridgehead atoms.